The van der Waals surface area contributed by atoms with Crippen LogP contribution in [0, 0.1) is 0 Å². The monoisotopic (exact) mass is 238 g/mol. The van der Waals surface area contributed by atoms with Crippen LogP contribution in [0.15, 0.2) is 30.3 Å². The molecular weight excluding hydrogens is 219 g/mol. The highest BCUT2D eigenvalue weighted by Crippen LogP contribution is 2.60. The maximum absolute atomic E-state index is 13.0. The topological polar surface area (TPSA) is 37.3 Å². The molecule has 0 bridgehead atoms. The van der Waals surface area contributed by atoms with Gasteiger partial charge in [-0.2, -0.15) is 0 Å². The molecule has 2 rings (SSSR count). The largest absolute Gasteiger partial charge is 0.390 e. The molecule has 1 aromatic carbocycles. The highest BCUT2D eigenvalue weighted by Gasteiger charge is 2.46. The average molecular weight is 238 g/mol. The first-order valence-electron chi connectivity index (χ1n) is 5.81. The zero-order chi connectivity index (χ0) is 11.8. The van der Waals surface area contributed by atoms with Crippen LogP contribution in [-0.4, -0.2) is 22.5 Å². The molecule has 2 nitrogen and oxygen atoms in total. The quantitative estimate of drug-likeness (QED) is 0.804. The number of hydrogen-bond acceptors (Lipinski definition) is 2. The van der Waals surface area contributed by atoms with E-state index < -0.39 is 12.7 Å². The maximum Gasteiger partial charge on any atom is 0.121 e. The Bertz CT molecular complexity index is 406. The third-order valence-corrected chi connectivity index (χ3v) is 7.53. The number of benzene rings is 1. The van der Waals surface area contributed by atoms with Gasteiger partial charge in [0.05, 0.1) is 5.60 Å². The Morgan fingerprint density at radius 3 is 2.50 bits per heavy atom. The van der Waals surface area contributed by atoms with Crippen molar-refractivity contribution in [2.75, 3.05) is 6.16 Å². The number of rotatable bonds is 2. The summed E-state index contributed by atoms with van der Waals surface area (Å²) in [5.41, 5.74) is -0.926. The summed E-state index contributed by atoms with van der Waals surface area (Å²) in [6, 6.07) is 9.66. The Morgan fingerprint density at radius 2 is 1.94 bits per heavy atom. The van der Waals surface area contributed by atoms with Crippen LogP contribution in [0.25, 0.3) is 0 Å². The molecule has 1 aliphatic rings. The van der Waals surface area contributed by atoms with Gasteiger partial charge >= 0.3 is 0 Å². The lowest BCUT2D eigenvalue weighted by Crippen LogP contribution is -2.36. The van der Waals surface area contributed by atoms with Gasteiger partial charge in [0, 0.05) is 17.1 Å². The van der Waals surface area contributed by atoms with E-state index in [1.54, 1.807) is 13.8 Å². The third kappa shape index (κ3) is 1.97. The molecule has 1 aliphatic heterocycles. The molecule has 0 saturated carbocycles. The van der Waals surface area contributed by atoms with Gasteiger partial charge in [-0.1, -0.05) is 30.3 Å². The van der Waals surface area contributed by atoms with Gasteiger partial charge in [0.1, 0.15) is 7.14 Å². The first kappa shape index (κ1) is 11.9. The Morgan fingerprint density at radius 1 is 1.31 bits per heavy atom. The van der Waals surface area contributed by atoms with Crippen LogP contribution < -0.4 is 5.30 Å². The van der Waals surface area contributed by atoms with E-state index in [-0.39, 0.29) is 5.66 Å². The van der Waals surface area contributed by atoms with Gasteiger partial charge in [-0.25, -0.2) is 0 Å². The predicted octanol–water partition coefficient (Wildman–Crippen LogP) is 2.61. The zero-order valence-electron chi connectivity index (χ0n) is 9.89. The second-order valence-electron chi connectivity index (χ2n) is 5.17. The van der Waals surface area contributed by atoms with Crippen LogP contribution in [-0.2, 0) is 4.57 Å². The second kappa shape index (κ2) is 4.01. The first-order valence-corrected chi connectivity index (χ1v) is 7.77. The molecule has 0 radical (unpaired) electrons. The molecule has 1 aromatic rings. The Labute approximate surface area is 97.1 Å². The van der Waals surface area contributed by atoms with E-state index in [1.165, 1.54) is 0 Å². The minimum Gasteiger partial charge on any atom is -0.390 e. The van der Waals surface area contributed by atoms with E-state index in [0.29, 0.717) is 0 Å². The molecule has 0 aliphatic carbocycles. The normalized spacial score (nSPS) is 30.6. The fourth-order valence-corrected chi connectivity index (χ4v) is 6.62. The SMILES string of the molecule is CC(C)(O)[C@@H]1CCC[P@@]1(=O)c1ccccc1. The molecule has 1 heterocycles. The van der Waals surface area contributed by atoms with Gasteiger partial charge in [0.2, 0.25) is 0 Å². The van der Waals surface area contributed by atoms with Gasteiger partial charge in [0.15, 0.2) is 0 Å². The molecule has 3 heteroatoms. The maximum atomic E-state index is 13.0. The van der Waals surface area contributed by atoms with Gasteiger partial charge in [-0.3, -0.25) is 0 Å². The lowest BCUT2D eigenvalue weighted by Gasteiger charge is -2.31. The summed E-state index contributed by atoms with van der Waals surface area (Å²) in [6.45, 7) is 3.55. The van der Waals surface area contributed by atoms with Crippen molar-refractivity contribution in [3.8, 4) is 0 Å². The lowest BCUT2D eigenvalue weighted by molar-refractivity contribution is 0.0744. The van der Waals surface area contributed by atoms with Crippen molar-refractivity contribution in [1.29, 1.82) is 0 Å². The van der Waals surface area contributed by atoms with Crippen LogP contribution in [0.4, 0.5) is 0 Å². The minimum absolute atomic E-state index is 0.0811. The molecule has 1 fully saturated rings. The lowest BCUT2D eigenvalue weighted by atomic mass is 10.0. The van der Waals surface area contributed by atoms with Crippen molar-refractivity contribution < 1.29 is 9.67 Å². The van der Waals surface area contributed by atoms with Crippen LogP contribution in [0.2, 0.25) is 0 Å². The minimum atomic E-state index is -2.40. The van der Waals surface area contributed by atoms with E-state index in [0.717, 1.165) is 24.3 Å². The van der Waals surface area contributed by atoms with Gasteiger partial charge in [-0.15, -0.1) is 0 Å². The van der Waals surface area contributed by atoms with Crippen molar-refractivity contribution in [3.63, 3.8) is 0 Å². The molecular formula is C13H19O2P. The summed E-state index contributed by atoms with van der Waals surface area (Å²) in [4.78, 5) is 0. The van der Waals surface area contributed by atoms with Crippen molar-refractivity contribution in [2.24, 2.45) is 0 Å². The van der Waals surface area contributed by atoms with E-state index in [9.17, 15) is 9.67 Å². The summed E-state index contributed by atoms with van der Waals surface area (Å²) in [5.74, 6) is 0. The van der Waals surface area contributed by atoms with E-state index in [1.807, 2.05) is 30.3 Å². The second-order valence-corrected chi connectivity index (χ2v) is 8.34. The molecule has 2 atom stereocenters. The van der Waals surface area contributed by atoms with Crippen molar-refractivity contribution >= 4 is 12.4 Å². The van der Waals surface area contributed by atoms with Gasteiger partial charge < -0.3 is 9.67 Å². The Hall–Kier alpha value is -0.590. The van der Waals surface area contributed by atoms with E-state index in [4.69, 9.17) is 0 Å². The molecule has 0 unspecified atom stereocenters. The highest BCUT2D eigenvalue weighted by atomic mass is 31.2. The molecule has 0 aromatic heterocycles. The van der Waals surface area contributed by atoms with Crippen LogP contribution in [0.1, 0.15) is 26.7 Å². The molecule has 0 spiro atoms. The third-order valence-electron chi connectivity index (χ3n) is 3.48. The fourth-order valence-electron chi connectivity index (χ4n) is 2.74. The van der Waals surface area contributed by atoms with Crippen LogP contribution >= 0.6 is 7.14 Å². The smallest absolute Gasteiger partial charge is 0.121 e. The predicted molar refractivity (Wildman–Crippen MR) is 67.9 cm³/mol. The van der Waals surface area contributed by atoms with Gasteiger partial charge in [-0.05, 0) is 26.7 Å². The number of hydrogen-bond donors (Lipinski definition) is 1. The van der Waals surface area contributed by atoms with Crippen molar-refractivity contribution in [1.82, 2.24) is 0 Å². The molecule has 1 saturated heterocycles. The molecule has 1 N–H and O–H groups in total. The van der Waals surface area contributed by atoms with Crippen molar-refractivity contribution in [2.45, 2.75) is 37.9 Å². The summed E-state index contributed by atoms with van der Waals surface area (Å²) >= 11 is 0. The summed E-state index contributed by atoms with van der Waals surface area (Å²) in [6.07, 6.45) is 2.57. The molecule has 16 heavy (non-hydrogen) atoms. The molecule has 88 valence electrons. The standard InChI is InChI=1S/C13H19O2P/c1-13(2,14)12-9-6-10-16(12,15)11-7-4-3-5-8-11/h3-5,7-8,12,14H,6,9-10H2,1-2H3/t12-,16+/m0/s1. The average Bonchev–Trinajstić information content (AvgIpc) is 2.63. The summed E-state index contributed by atoms with van der Waals surface area (Å²) in [7, 11) is -2.40. The van der Waals surface area contributed by atoms with E-state index >= 15 is 0 Å². The van der Waals surface area contributed by atoms with Crippen LogP contribution in [0.5, 0.6) is 0 Å². The van der Waals surface area contributed by atoms with E-state index in [2.05, 4.69) is 0 Å². The number of aliphatic hydroxyl groups is 1. The fraction of sp³-hybridized carbons (Fsp3) is 0.538. The highest BCUT2D eigenvalue weighted by molar-refractivity contribution is 7.72. The Kier molecular flexibility index (Phi) is 2.98. The van der Waals surface area contributed by atoms with Gasteiger partial charge in [0.25, 0.3) is 0 Å². The first-order chi connectivity index (χ1) is 7.44. The Balaban J connectivity index is 2.42. The molecule has 0 amide bonds. The summed E-state index contributed by atoms with van der Waals surface area (Å²) < 4.78 is 13.0. The van der Waals surface area contributed by atoms with Crippen LogP contribution in [0.3, 0.4) is 0 Å². The van der Waals surface area contributed by atoms with Crippen molar-refractivity contribution in [3.05, 3.63) is 30.3 Å². The zero-order valence-corrected chi connectivity index (χ0v) is 10.8. The summed E-state index contributed by atoms with van der Waals surface area (Å²) in [5, 5.41) is 11.1.